The first-order valence-corrected chi connectivity index (χ1v) is 6.80. The molecule has 1 aromatic carbocycles. The molecule has 0 spiro atoms. The van der Waals surface area contributed by atoms with Crippen molar-refractivity contribution in [1.29, 1.82) is 0 Å². The van der Waals surface area contributed by atoms with E-state index in [1.54, 1.807) is 18.2 Å². The lowest BCUT2D eigenvalue weighted by Gasteiger charge is -2.25. The van der Waals surface area contributed by atoms with Crippen LogP contribution >= 0.6 is 0 Å². The minimum Gasteiger partial charge on any atom is -0.488 e. The summed E-state index contributed by atoms with van der Waals surface area (Å²) in [5.41, 5.74) is 6.91. The third kappa shape index (κ3) is 2.89. The van der Waals surface area contributed by atoms with E-state index in [9.17, 15) is 4.79 Å². The van der Waals surface area contributed by atoms with Crippen LogP contribution in [0.15, 0.2) is 28.5 Å². The molecule has 0 aliphatic carbocycles. The lowest BCUT2D eigenvalue weighted by Crippen LogP contribution is -2.35. The highest BCUT2D eigenvalue weighted by Gasteiger charge is 2.28. The van der Waals surface area contributed by atoms with Gasteiger partial charge >= 0.3 is 0 Å². The fraction of sp³-hybridized carbons (Fsp3) is 0.500. The predicted octanol–water partition coefficient (Wildman–Crippen LogP) is 2.80. The fourth-order valence-electron chi connectivity index (χ4n) is 1.82. The van der Waals surface area contributed by atoms with E-state index in [1.165, 1.54) is 5.01 Å². The van der Waals surface area contributed by atoms with Crippen LogP contribution in [0.4, 0.5) is 11.4 Å². The lowest BCUT2D eigenvalue weighted by atomic mass is 10.1. The van der Waals surface area contributed by atoms with Crippen LogP contribution in [0, 0.1) is 5.92 Å². The average molecular weight is 276 g/mol. The first-order valence-electron chi connectivity index (χ1n) is 6.80. The van der Waals surface area contributed by atoms with Crippen LogP contribution in [-0.4, -0.2) is 18.6 Å². The summed E-state index contributed by atoms with van der Waals surface area (Å²) in [6.45, 7) is 6.26. The first kappa shape index (κ1) is 14.3. The van der Waals surface area contributed by atoms with Gasteiger partial charge in [-0.05, 0) is 31.5 Å². The van der Waals surface area contributed by atoms with Crippen LogP contribution in [0.5, 0.6) is 5.75 Å². The Kier molecular flexibility index (Phi) is 4.22. The van der Waals surface area contributed by atoms with Gasteiger partial charge in [0.2, 0.25) is 0 Å². The molecule has 2 N–H and O–H groups in total. The third-order valence-electron chi connectivity index (χ3n) is 3.25. The molecule has 0 aromatic heterocycles. The number of carbonyl (C=O) groups is 1. The van der Waals surface area contributed by atoms with Crippen LogP contribution < -0.4 is 15.5 Å². The third-order valence-corrected chi connectivity index (χ3v) is 3.25. The molecule has 6 heteroatoms. The highest BCUT2D eigenvalue weighted by atomic mass is 16.5. The summed E-state index contributed by atoms with van der Waals surface area (Å²) in [5.74, 6) is 0.305. The maximum absolute atomic E-state index is 12.2. The van der Waals surface area contributed by atoms with E-state index < -0.39 is 0 Å². The number of carbonyl (C=O) groups excluding carboxylic acids is 1. The molecule has 0 saturated heterocycles. The Bertz CT molecular complexity index is 530. The molecular weight excluding hydrogens is 256 g/mol. The van der Waals surface area contributed by atoms with Gasteiger partial charge in [0.05, 0.1) is 18.6 Å². The van der Waals surface area contributed by atoms with Crippen molar-refractivity contribution in [2.45, 2.75) is 33.3 Å². The Morgan fingerprint density at radius 1 is 1.55 bits per heavy atom. The molecule has 1 aromatic rings. The Labute approximate surface area is 118 Å². The second-order valence-electron chi connectivity index (χ2n) is 5.03. The number of ether oxygens (including phenoxy) is 1. The van der Waals surface area contributed by atoms with Crippen molar-refractivity contribution in [2.75, 3.05) is 17.3 Å². The van der Waals surface area contributed by atoms with Crippen molar-refractivity contribution in [3.8, 4) is 5.75 Å². The molecule has 108 valence electrons. The van der Waals surface area contributed by atoms with Gasteiger partial charge in [-0.15, -0.1) is 0 Å². The molecule has 1 aliphatic heterocycles. The summed E-state index contributed by atoms with van der Waals surface area (Å²) < 4.78 is 5.84. The highest BCUT2D eigenvalue weighted by molar-refractivity contribution is 5.96. The van der Waals surface area contributed by atoms with Crippen molar-refractivity contribution >= 4 is 17.3 Å². The van der Waals surface area contributed by atoms with Crippen molar-refractivity contribution < 1.29 is 9.53 Å². The lowest BCUT2D eigenvalue weighted by molar-refractivity contribution is -0.122. The maximum atomic E-state index is 12.2. The molecule has 0 saturated carbocycles. The number of benzene rings is 1. The zero-order chi connectivity index (χ0) is 14.7. The monoisotopic (exact) mass is 276 g/mol. The van der Waals surface area contributed by atoms with Crippen molar-refractivity contribution in [2.24, 2.45) is 16.3 Å². The molecule has 6 nitrogen and oxygen atoms in total. The predicted molar refractivity (Wildman–Crippen MR) is 77.6 cm³/mol. The van der Waals surface area contributed by atoms with E-state index in [-0.39, 0.29) is 17.9 Å². The number of hydrogen-bond acceptors (Lipinski definition) is 5. The molecule has 20 heavy (non-hydrogen) atoms. The number of amides is 1. The Balaban J connectivity index is 2.38. The molecule has 2 atom stereocenters. The number of anilines is 2. The topological polar surface area (TPSA) is 80.3 Å². The van der Waals surface area contributed by atoms with Crippen LogP contribution in [0.3, 0.4) is 0 Å². The molecule has 2 rings (SSSR count). The van der Waals surface area contributed by atoms with Gasteiger partial charge < -0.3 is 10.5 Å². The van der Waals surface area contributed by atoms with Crippen molar-refractivity contribution in [3.05, 3.63) is 18.2 Å². The van der Waals surface area contributed by atoms with Crippen LogP contribution in [0.2, 0.25) is 0 Å². The Hall–Kier alpha value is -2.11. The van der Waals surface area contributed by atoms with E-state index >= 15 is 0 Å². The smallest absolute Gasteiger partial charge is 0.253 e. The largest absolute Gasteiger partial charge is 0.488 e. The quantitative estimate of drug-likeness (QED) is 0.859. The SMILES string of the molecule is CCC(C)Oc1ccc(N)cc1N1N=NCC(C)C1=O. The number of rotatable bonds is 4. The van der Waals surface area contributed by atoms with Gasteiger partial charge in [0.1, 0.15) is 11.4 Å². The van der Waals surface area contributed by atoms with E-state index in [2.05, 4.69) is 10.3 Å². The maximum Gasteiger partial charge on any atom is 0.253 e. The van der Waals surface area contributed by atoms with Gasteiger partial charge in [-0.3, -0.25) is 4.79 Å². The number of nitrogen functional groups attached to an aromatic ring is 1. The second-order valence-corrected chi connectivity index (χ2v) is 5.03. The number of nitrogens with zero attached hydrogens (tertiary/aromatic N) is 3. The summed E-state index contributed by atoms with van der Waals surface area (Å²) in [6, 6.07) is 5.20. The second kappa shape index (κ2) is 5.90. The van der Waals surface area contributed by atoms with Crippen molar-refractivity contribution in [3.63, 3.8) is 0 Å². The van der Waals surface area contributed by atoms with Gasteiger partial charge in [-0.1, -0.05) is 19.1 Å². The molecule has 0 fully saturated rings. The molecule has 1 heterocycles. The van der Waals surface area contributed by atoms with Gasteiger partial charge in [-0.2, -0.15) is 10.1 Å². The van der Waals surface area contributed by atoms with Gasteiger partial charge in [0.15, 0.2) is 0 Å². The zero-order valence-corrected chi connectivity index (χ0v) is 12.0. The van der Waals surface area contributed by atoms with Gasteiger partial charge in [0.25, 0.3) is 5.91 Å². The summed E-state index contributed by atoms with van der Waals surface area (Å²) in [6.07, 6.45) is 0.919. The average Bonchev–Trinajstić information content (AvgIpc) is 2.44. The minimum absolute atomic E-state index is 0.0478. The fourth-order valence-corrected chi connectivity index (χ4v) is 1.82. The molecular formula is C14H20N4O2. The molecule has 0 bridgehead atoms. The summed E-state index contributed by atoms with van der Waals surface area (Å²) in [5, 5.41) is 9.19. The van der Waals surface area contributed by atoms with Crippen LogP contribution in [0.1, 0.15) is 27.2 Å². The molecule has 0 radical (unpaired) electrons. The Morgan fingerprint density at radius 3 is 3.00 bits per heavy atom. The standard InChI is InChI=1S/C14H20N4O2/c1-4-10(3)20-13-6-5-11(15)7-12(13)18-14(19)9(2)8-16-17-18/h5-7,9-10H,4,8,15H2,1-3H3. The van der Waals surface area contributed by atoms with E-state index in [1.807, 2.05) is 20.8 Å². The van der Waals surface area contributed by atoms with E-state index in [4.69, 9.17) is 10.5 Å². The van der Waals surface area contributed by atoms with E-state index in [0.29, 0.717) is 23.7 Å². The molecule has 1 amide bonds. The summed E-state index contributed by atoms with van der Waals surface area (Å²) >= 11 is 0. The number of hydrogen-bond donors (Lipinski definition) is 1. The highest BCUT2D eigenvalue weighted by Crippen LogP contribution is 2.34. The van der Waals surface area contributed by atoms with Gasteiger partial charge in [-0.25, -0.2) is 0 Å². The minimum atomic E-state index is -0.189. The van der Waals surface area contributed by atoms with Crippen LogP contribution in [-0.2, 0) is 4.79 Å². The van der Waals surface area contributed by atoms with Crippen molar-refractivity contribution in [1.82, 2.24) is 0 Å². The normalized spacial score (nSPS) is 20.1. The Morgan fingerprint density at radius 2 is 2.30 bits per heavy atom. The molecule has 1 aliphatic rings. The van der Waals surface area contributed by atoms with E-state index in [0.717, 1.165) is 6.42 Å². The summed E-state index contributed by atoms with van der Waals surface area (Å²) in [4.78, 5) is 12.2. The van der Waals surface area contributed by atoms with Crippen LogP contribution in [0.25, 0.3) is 0 Å². The molecule has 2 unspecified atom stereocenters. The van der Waals surface area contributed by atoms with Gasteiger partial charge in [0, 0.05) is 5.69 Å². The zero-order valence-electron chi connectivity index (χ0n) is 12.0. The summed E-state index contributed by atoms with van der Waals surface area (Å²) in [7, 11) is 0. The number of nitrogens with two attached hydrogens (primary N) is 1. The first-order chi connectivity index (χ1) is 9.52.